The van der Waals surface area contributed by atoms with Crippen LogP contribution in [0, 0.1) is 0 Å². The average Bonchev–Trinajstić information content (AvgIpc) is 2.04. The predicted molar refractivity (Wildman–Crippen MR) is 71.8 cm³/mol. The molecule has 0 aliphatic rings. The largest absolute Gasteiger partial charge is 3.00 e. The van der Waals surface area contributed by atoms with Crippen LogP contribution in [0.3, 0.4) is 0 Å². The molecule has 0 atom stereocenters. The van der Waals surface area contributed by atoms with Crippen LogP contribution in [0.15, 0.2) is 0 Å². The molecule has 0 saturated heterocycles. The molecule has 0 rings (SSSR count). The third-order valence-electron chi connectivity index (χ3n) is 0.987. The second-order valence-electron chi connectivity index (χ2n) is 3.49. The number of carboxylic acids is 3. The van der Waals surface area contributed by atoms with E-state index in [0.29, 0.717) is 0 Å². The molecule has 0 aromatic rings. The van der Waals surface area contributed by atoms with Gasteiger partial charge in [0, 0.05) is 0 Å². The summed E-state index contributed by atoms with van der Waals surface area (Å²) < 4.78 is 28.6. The average molecular weight is 468 g/mol. The SMILES string of the molecule is O=C(O)CP(=O)([O-])[O-].O=C(O)CP(=O)([O-])[O-].O=C(O)CP(=O)([O-])[O-].[Al+3].[Al+3]. The minimum atomic E-state index is -4.82. The summed E-state index contributed by atoms with van der Waals surface area (Å²) in [6, 6.07) is 0. The van der Waals surface area contributed by atoms with E-state index in [1.807, 2.05) is 0 Å². The molecule has 0 saturated carbocycles. The van der Waals surface area contributed by atoms with Gasteiger partial charge in [0.1, 0.15) is 0 Å². The van der Waals surface area contributed by atoms with Crippen molar-refractivity contribution < 1.29 is 72.8 Å². The Labute approximate surface area is 166 Å². The third kappa shape index (κ3) is 56.4. The molecule has 20 heteroatoms. The minimum Gasteiger partial charge on any atom is -0.810 e. The number of aliphatic carboxylic acids is 3. The van der Waals surface area contributed by atoms with Crippen molar-refractivity contribution in [1.29, 1.82) is 0 Å². The van der Waals surface area contributed by atoms with Crippen molar-refractivity contribution in [2.45, 2.75) is 0 Å². The molecule has 144 valence electrons. The maximum absolute atomic E-state index is 9.53. The van der Waals surface area contributed by atoms with E-state index in [9.17, 15) is 57.4 Å². The van der Waals surface area contributed by atoms with Gasteiger partial charge in [-0.25, -0.2) is 0 Å². The molecule has 0 aromatic heterocycles. The molecule has 0 aromatic carbocycles. The first kappa shape index (κ1) is 36.8. The molecule has 0 bridgehead atoms. The Kier molecular flexibility index (Phi) is 22.5. The molecule has 0 fully saturated rings. The van der Waals surface area contributed by atoms with Gasteiger partial charge < -0.3 is 58.4 Å². The van der Waals surface area contributed by atoms with E-state index in [-0.39, 0.29) is 34.7 Å². The fourth-order valence-corrected chi connectivity index (χ4v) is 1.49. The molecule has 0 aliphatic carbocycles. The Bertz CT molecular complexity index is 491. The Morgan fingerprint density at radius 3 is 0.654 bits per heavy atom. The number of carboxylic acid groups (broad SMARTS) is 3. The number of hydrogen-bond donors (Lipinski definition) is 3. The number of rotatable bonds is 6. The van der Waals surface area contributed by atoms with Crippen molar-refractivity contribution in [3.8, 4) is 0 Å². The topological polar surface area (TPSA) is 301 Å². The van der Waals surface area contributed by atoms with Gasteiger partial charge in [-0.1, -0.05) is 22.8 Å². The summed E-state index contributed by atoms with van der Waals surface area (Å²) in [5.74, 6) is -4.84. The first-order valence-electron chi connectivity index (χ1n) is 4.94. The Hall–Kier alpha value is -0.0751. The molecule has 0 aliphatic heterocycles. The van der Waals surface area contributed by atoms with Gasteiger partial charge in [-0.3, -0.25) is 14.4 Å². The first-order chi connectivity index (χ1) is 10.2. The summed E-state index contributed by atoms with van der Waals surface area (Å²) in [6.07, 6.45) is -3.94. The molecule has 26 heavy (non-hydrogen) atoms. The second-order valence-corrected chi connectivity index (χ2v) is 8.10. The quantitative estimate of drug-likeness (QED) is 0.241. The van der Waals surface area contributed by atoms with E-state index in [0.717, 1.165) is 0 Å². The zero-order valence-corrected chi connectivity index (χ0v) is 17.4. The van der Waals surface area contributed by atoms with Crippen molar-refractivity contribution in [3.63, 3.8) is 0 Å². The van der Waals surface area contributed by atoms with E-state index >= 15 is 0 Å². The van der Waals surface area contributed by atoms with Crippen LogP contribution in [0.2, 0.25) is 0 Å². The maximum atomic E-state index is 9.53. The molecular formula is C6H9Al2O15P3. The van der Waals surface area contributed by atoms with Crippen molar-refractivity contribution in [2.24, 2.45) is 0 Å². The van der Waals surface area contributed by atoms with Gasteiger partial charge in [-0.2, -0.15) is 0 Å². The zero-order valence-electron chi connectivity index (χ0n) is 12.4. The first-order valence-corrected chi connectivity index (χ1v) is 10.1. The molecule has 0 heterocycles. The van der Waals surface area contributed by atoms with Gasteiger partial charge in [-0.05, 0) is 0 Å². The Morgan fingerprint density at radius 1 is 0.538 bits per heavy atom. The van der Waals surface area contributed by atoms with Crippen LogP contribution >= 0.6 is 22.8 Å². The van der Waals surface area contributed by atoms with Crippen LogP contribution in [0.4, 0.5) is 0 Å². The van der Waals surface area contributed by atoms with Gasteiger partial charge in [0.05, 0.1) is 18.5 Å². The fraction of sp³-hybridized carbons (Fsp3) is 0.500. The molecule has 0 amide bonds. The summed E-state index contributed by atoms with van der Waals surface area (Å²) in [5, 5.41) is 23.0. The number of carbonyl (C=O) groups is 3. The monoisotopic (exact) mass is 468 g/mol. The molecule has 3 N–H and O–H groups in total. The van der Waals surface area contributed by atoms with Crippen LogP contribution < -0.4 is 29.4 Å². The van der Waals surface area contributed by atoms with Crippen molar-refractivity contribution in [3.05, 3.63) is 0 Å². The van der Waals surface area contributed by atoms with Crippen LogP contribution in [0.5, 0.6) is 0 Å². The zero-order chi connectivity index (χ0) is 20.4. The molecule has 0 unspecified atom stereocenters. The summed E-state index contributed by atoms with van der Waals surface area (Å²) >= 11 is 0. The summed E-state index contributed by atoms with van der Waals surface area (Å²) in [4.78, 5) is 85.5. The summed E-state index contributed by atoms with van der Waals surface area (Å²) in [5.41, 5.74) is 0. The molecule has 0 spiro atoms. The number of hydrogen-bond acceptors (Lipinski definition) is 12. The van der Waals surface area contributed by atoms with Gasteiger partial charge >= 0.3 is 52.6 Å². The Morgan fingerprint density at radius 2 is 0.654 bits per heavy atom. The van der Waals surface area contributed by atoms with E-state index in [2.05, 4.69) is 0 Å². The van der Waals surface area contributed by atoms with Crippen LogP contribution in [0.25, 0.3) is 0 Å². The molecular weight excluding hydrogens is 459 g/mol. The van der Waals surface area contributed by atoms with Crippen LogP contribution in [0.1, 0.15) is 0 Å². The minimum absolute atomic E-state index is 0. The fourth-order valence-electron chi connectivity index (χ4n) is 0.497. The summed E-state index contributed by atoms with van der Waals surface area (Å²) in [7, 11) is -14.5. The van der Waals surface area contributed by atoms with E-state index < -0.39 is 59.2 Å². The van der Waals surface area contributed by atoms with Gasteiger partial charge in [0.15, 0.2) is 0 Å². The van der Waals surface area contributed by atoms with Gasteiger partial charge in [0.25, 0.3) is 0 Å². The molecule has 15 nitrogen and oxygen atoms in total. The van der Waals surface area contributed by atoms with Crippen LogP contribution in [-0.2, 0) is 28.1 Å². The van der Waals surface area contributed by atoms with Crippen molar-refractivity contribution in [1.82, 2.24) is 0 Å². The third-order valence-corrected chi connectivity index (χ3v) is 2.96. The smallest absolute Gasteiger partial charge is 0.810 e. The standard InChI is InChI=1S/3C2H5O5P.2Al/c3*3-2(4)1-8(5,6)7;;/h3*1H2,(H,3,4)(H2,5,6,7);;/q;;;2*+3/p-6. The Balaban J connectivity index is -0.0000000817. The predicted octanol–water partition coefficient (Wildman–Crippen LogP) is -6.81. The van der Waals surface area contributed by atoms with Gasteiger partial charge in [0.2, 0.25) is 0 Å². The van der Waals surface area contributed by atoms with Crippen LogP contribution in [-0.4, -0.2) is 86.4 Å². The van der Waals surface area contributed by atoms with Gasteiger partial charge in [-0.15, -0.1) is 0 Å². The normalized spacial score (nSPS) is 10.4. The molecule has 0 radical (unpaired) electrons. The maximum Gasteiger partial charge on any atom is 3.00 e. The van der Waals surface area contributed by atoms with E-state index in [4.69, 9.17) is 15.3 Å². The van der Waals surface area contributed by atoms with Crippen molar-refractivity contribution in [2.75, 3.05) is 18.5 Å². The summed E-state index contributed by atoms with van der Waals surface area (Å²) in [6.45, 7) is 0. The second kappa shape index (κ2) is 15.9. The van der Waals surface area contributed by atoms with E-state index in [1.165, 1.54) is 0 Å². The van der Waals surface area contributed by atoms with Crippen molar-refractivity contribution >= 4 is 75.4 Å². The van der Waals surface area contributed by atoms with E-state index in [1.54, 1.807) is 0 Å².